The molecule has 0 N–H and O–H groups in total. The molecule has 0 aliphatic carbocycles. The van der Waals surface area contributed by atoms with Gasteiger partial charge in [-0.3, -0.25) is 19.2 Å². The monoisotopic (exact) mass is 408 g/mol. The van der Waals surface area contributed by atoms with Crippen molar-refractivity contribution in [2.24, 2.45) is 11.3 Å². The molecule has 0 heterocycles. The van der Waals surface area contributed by atoms with E-state index in [1.54, 1.807) is 0 Å². The quantitative estimate of drug-likeness (QED) is 0.182. The van der Waals surface area contributed by atoms with Gasteiger partial charge in [-0.1, -0.05) is 72.1 Å². The van der Waals surface area contributed by atoms with E-state index in [2.05, 4.69) is 20.8 Å². The topological polar surface area (TPSA) is 68.3 Å². The second kappa shape index (κ2) is 15.5. The van der Waals surface area contributed by atoms with E-state index in [4.69, 9.17) is 0 Å². The van der Waals surface area contributed by atoms with Crippen LogP contribution in [0.25, 0.3) is 0 Å². The third-order valence-electron chi connectivity index (χ3n) is 5.89. The Balaban J connectivity index is 4.86. The molecule has 0 aliphatic heterocycles. The number of Topliss-reactive ketones (excluding diaryl/α,β-unsaturated/α-hetero) is 4. The third kappa shape index (κ3) is 12.1. The average Bonchev–Trinajstić information content (AvgIpc) is 2.63. The summed E-state index contributed by atoms with van der Waals surface area (Å²) in [6.07, 6.45) is 11.3. The first-order valence-electron chi connectivity index (χ1n) is 11.7. The molecule has 1 atom stereocenters. The van der Waals surface area contributed by atoms with Crippen LogP contribution < -0.4 is 0 Å². The molecule has 0 bridgehead atoms. The molecule has 0 aromatic carbocycles. The smallest absolute Gasteiger partial charge is 0.146 e. The summed E-state index contributed by atoms with van der Waals surface area (Å²) >= 11 is 0. The molecule has 4 nitrogen and oxygen atoms in total. The van der Waals surface area contributed by atoms with E-state index in [1.807, 2.05) is 0 Å². The first-order valence-corrected chi connectivity index (χ1v) is 11.7. The summed E-state index contributed by atoms with van der Waals surface area (Å²) in [5.41, 5.74) is -0.955. The van der Waals surface area contributed by atoms with Gasteiger partial charge < -0.3 is 0 Å². The van der Waals surface area contributed by atoms with Crippen LogP contribution in [0.1, 0.15) is 125 Å². The summed E-state index contributed by atoms with van der Waals surface area (Å²) in [5.74, 6) is -0.145. The highest BCUT2D eigenvalue weighted by Crippen LogP contribution is 2.36. The lowest BCUT2D eigenvalue weighted by Gasteiger charge is -2.31. The molecule has 0 spiro atoms. The van der Waals surface area contributed by atoms with Crippen molar-refractivity contribution in [2.75, 3.05) is 0 Å². The van der Waals surface area contributed by atoms with Gasteiger partial charge in [0, 0.05) is 12.8 Å². The second-order valence-corrected chi connectivity index (χ2v) is 9.14. The zero-order valence-electron chi connectivity index (χ0n) is 19.6. The lowest BCUT2D eigenvalue weighted by molar-refractivity contribution is -0.142. The van der Waals surface area contributed by atoms with Crippen LogP contribution in [0.5, 0.6) is 0 Å². The molecular weight excluding hydrogens is 364 g/mol. The van der Waals surface area contributed by atoms with Crippen molar-refractivity contribution in [1.82, 2.24) is 0 Å². The standard InChI is InChI=1S/C25H44O4/c1-6-7-8-9-10-11-12-13-17-25(22(5)27,18-16-20(2)3)24(29)15-14-23(28)19-21(4)26/h20H,6-19H2,1-5H3. The summed E-state index contributed by atoms with van der Waals surface area (Å²) in [7, 11) is 0. The fourth-order valence-corrected chi connectivity index (χ4v) is 3.91. The Morgan fingerprint density at radius 1 is 0.759 bits per heavy atom. The molecule has 4 heteroatoms. The molecule has 0 fully saturated rings. The zero-order chi connectivity index (χ0) is 22.3. The lowest BCUT2D eigenvalue weighted by Crippen LogP contribution is -2.39. The SMILES string of the molecule is CCCCCCCCCCC(CCC(C)C)(C(C)=O)C(=O)CCC(=O)CC(C)=O. The van der Waals surface area contributed by atoms with Crippen molar-refractivity contribution >= 4 is 23.1 Å². The molecule has 0 aromatic rings. The Bertz CT molecular complexity index is 521. The van der Waals surface area contributed by atoms with Crippen molar-refractivity contribution < 1.29 is 19.2 Å². The maximum absolute atomic E-state index is 13.1. The van der Waals surface area contributed by atoms with E-state index in [9.17, 15) is 19.2 Å². The minimum atomic E-state index is -0.955. The molecule has 0 amide bonds. The van der Waals surface area contributed by atoms with Gasteiger partial charge in [0.05, 0.1) is 11.8 Å². The first-order chi connectivity index (χ1) is 13.7. The second-order valence-electron chi connectivity index (χ2n) is 9.14. The Morgan fingerprint density at radius 2 is 1.31 bits per heavy atom. The minimum absolute atomic E-state index is 0.0621. The molecule has 29 heavy (non-hydrogen) atoms. The number of hydrogen-bond donors (Lipinski definition) is 0. The molecular formula is C25H44O4. The zero-order valence-corrected chi connectivity index (χ0v) is 19.6. The molecule has 0 rings (SSSR count). The average molecular weight is 409 g/mol. The molecule has 0 aromatic heterocycles. The summed E-state index contributed by atoms with van der Waals surface area (Å²) in [5, 5.41) is 0. The number of carbonyl (C=O) groups is 4. The molecule has 0 radical (unpaired) electrons. The summed E-state index contributed by atoms with van der Waals surface area (Å²) in [6, 6.07) is 0. The van der Waals surface area contributed by atoms with Crippen LogP contribution in [0.2, 0.25) is 0 Å². The lowest BCUT2D eigenvalue weighted by atomic mass is 9.70. The Labute approximate surface area is 178 Å². The summed E-state index contributed by atoms with van der Waals surface area (Å²) in [4.78, 5) is 48.7. The Kier molecular flexibility index (Phi) is 14.8. The van der Waals surface area contributed by atoms with E-state index >= 15 is 0 Å². The minimum Gasteiger partial charge on any atom is -0.300 e. The largest absolute Gasteiger partial charge is 0.300 e. The van der Waals surface area contributed by atoms with Crippen LogP contribution >= 0.6 is 0 Å². The Hall–Kier alpha value is -1.32. The van der Waals surface area contributed by atoms with Crippen molar-refractivity contribution in [3.05, 3.63) is 0 Å². The normalized spacial score (nSPS) is 13.3. The fraction of sp³-hybridized carbons (Fsp3) is 0.840. The van der Waals surface area contributed by atoms with Crippen molar-refractivity contribution in [3.8, 4) is 0 Å². The summed E-state index contributed by atoms with van der Waals surface area (Å²) in [6.45, 7) is 9.32. The number of unbranched alkanes of at least 4 members (excludes halogenated alkanes) is 7. The fourth-order valence-electron chi connectivity index (χ4n) is 3.91. The van der Waals surface area contributed by atoms with Crippen molar-refractivity contribution in [1.29, 1.82) is 0 Å². The van der Waals surface area contributed by atoms with E-state index < -0.39 is 5.41 Å². The maximum atomic E-state index is 13.1. The number of hydrogen-bond acceptors (Lipinski definition) is 4. The van der Waals surface area contributed by atoms with Gasteiger partial charge >= 0.3 is 0 Å². The molecule has 0 saturated carbocycles. The Morgan fingerprint density at radius 3 is 1.79 bits per heavy atom. The highest BCUT2D eigenvalue weighted by molar-refractivity contribution is 6.07. The van der Waals surface area contributed by atoms with Crippen molar-refractivity contribution in [3.63, 3.8) is 0 Å². The molecule has 0 saturated heterocycles. The van der Waals surface area contributed by atoms with Crippen LogP contribution in [0, 0.1) is 11.3 Å². The first kappa shape index (κ1) is 27.7. The number of ketones is 4. The van der Waals surface area contributed by atoms with Crippen molar-refractivity contribution in [2.45, 2.75) is 125 Å². The van der Waals surface area contributed by atoms with Gasteiger partial charge in [-0.05, 0) is 39.0 Å². The summed E-state index contributed by atoms with van der Waals surface area (Å²) < 4.78 is 0. The van der Waals surface area contributed by atoms with Crippen LogP contribution in [0.4, 0.5) is 0 Å². The van der Waals surface area contributed by atoms with Gasteiger partial charge in [0.15, 0.2) is 0 Å². The molecule has 168 valence electrons. The highest BCUT2D eigenvalue weighted by Gasteiger charge is 2.41. The van der Waals surface area contributed by atoms with Gasteiger partial charge in [-0.15, -0.1) is 0 Å². The number of carbonyl (C=O) groups excluding carboxylic acids is 4. The van der Waals surface area contributed by atoms with E-state index in [-0.39, 0.29) is 42.4 Å². The highest BCUT2D eigenvalue weighted by atomic mass is 16.2. The third-order valence-corrected chi connectivity index (χ3v) is 5.89. The van der Waals surface area contributed by atoms with E-state index in [0.29, 0.717) is 18.8 Å². The predicted molar refractivity (Wildman–Crippen MR) is 119 cm³/mol. The molecule has 1 unspecified atom stereocenters. The van der Waals surface area contributed by atoms with Gasteiger partial charge in [-0.2, -0.15) is 0 Å². The van der Waals surface area contributed by atoms with Gasteiger partial charge in [0.25, 0.3) is 0 Å². The van der Waals surface area contributed by atoms with Crippen LogP contribution in [-0.2, 0) is 19.2 Å². The molecule has 0 aliphatic rings. The van der Waals surface area contributed by atoms with Crippen LogP contribution in [-0.4, -0.2) is 23.1 Å². The van der Waals surface area contributed by atoms with Crippen LogP contribution in [0.3, 0.4) is 0 Å². The van der Waals surface area contributed by atoms with E-state index in [1.165, 1.54) is 46.0 Å². The number of rotatable bonds is 19. The predicted octanol–water partition coefficient (Wildman–Crippen LogP) is 6.43. The van der Waals surface area contributed by atoms with E-state index in [0.717, 1.165) is 25.7 Å². The van der Waals surface area contributed by atoms with Gasteiger partial charge in [0.2, 0.25) is 0 Å². The maximum Gasteiger partial charge on any atom is 0.146 e. The van der Waals surface area contributed by atoms with Gasteiger partial charge in [-0.25, -0.2) is 0 Å². The van der Waals surface area contributed by atoms with Gasteiger partial charge in [0.1, 0.15) is 23.1 Å². The van der Waals surface area contributed by atoms with Crippen LogP contribution in [0.15, 0.2) is 0 Å².